The van der Waals surface area contributed by atoms with E-state index in [1.807, 2.05) is 12.1 Å². The van der Waals surface area contributed by atoms with E-state index in [-0.39, 0.29) is 0 Å². The van der Waals surface area contributed by atoms with Crippen LogP contribution in [0.2, 0.25) is 5.02 Å². The van der Waals surface area contributed by atoms with Crippen molar-refractivity contribution in [3.63, 3.8) is 0 Å². The molecule has 0 bridgehead atoms. The highest BCUT2D eigenvalue weighted by Crippen LogP contribution is 2.25. The molecule has 0 saturated carbocycles. The second-order valence-corrected chi connectivity index (χ2v) is 3.43. The minimum atomic E-state index is 0.371. The van der Waals surface area contributed by atoms with Crippen LogP contribution in [0.3, 0.4) is 0 Å². The Labute approximate surface area is 97.9 Å². The highest BCUT2D eigenvalue weighted by atomic mass is 35.5. The summed E-state index contributed by atoms with van der Waals surface area (Å²) >= 11 is 5.87. The van der Waals surface area contributed by atoms with Crippen molar-refractivity contribution in [2.24, 2.45) is 0 Å². The lowest BCUT2D eigenvalue weighted by atomic mass is 10.2. The molecule has 78 valence electrons. The van der Waals surface area contributed by atoms with Crippen LogP contribution in [0.5, 0.6) is 11.6 Å². The molecule has 0 unspecified atom stereocenters. The van der Waals surface area contributed by atoms with Gasteiger partial charge in [-0.1, -0.05) is 17.7 Å². The SMILES string of the molecule is N#Cc1ccc(Oc2ccccn2)cc1Cl. The van der Waals surface area contributed by atoms with Crippen molar-refractivity contribution >= 4 is 11.6 Å². The van der Waals surface area contributed by atoms with E-state index in [0.717, 1.165) is 0 Å². The van der Waals surface area contributed by atoms with Gasteiger partial charge in [0, 0.05) is 18.3 Å². The van der Waals surface area contributed by atoms with Crippen molar-refractivity contribution in [3.05, 3.63) is 53.2 Å². The predicted octanol–water partition coefficient (Wildman–Crippen LogP) is 3.40. The van der Waals surface area contributed by atoms with E-state index in [2.05, 4.69) is 4.98 Å². The molecule has 0 aliphatic carbocycles. The number of aromatic nitrogens is 1. The molecule has 0 aliphatic rings. The first-order valence-corrected chi connectivity index (χ1v) is 4.96. The molecule has 2 aromatic rings. The topological polar surface area (TPSA) is 45.9 Å². The third kappa shape index (κ3) is 2.30. The summed E-state index contributed by atoms with van der Waals surface area (Å²) in [6, 6.07) is 12.2. The van der Waals surface area contributed by atoms with E-state index in [0.29, 0.717) is 22.2 Å². The third-order valence-electron chi connectivity index (χ3n) is 1.92. The van der Waals surface area contributed by atoms with Crippen LogP contribution < -0.4 is 4.74 Å². The zero-order chi connectivity index (χ0) is 11.4. The fraction of sp³-hybridized carbons (Fsp3) is 0. The first-order valence-electron chi connectivity index (χ1n) is 4.58. The number of hydrogen-bond acceptors (Lipinski definition) is 3. The third-order valence-corrected chi connectivity index (χ3v) is 2.23. The van der Waals surface area contributed by atoms with Gasteiger partial charge in [0.1, 0.15) is 11.8 Å². The molecular formula is C12H7ClN2O. The van der Waals surface area contributed by atoms with Crippen molar-refractivity contribution in [3.8, 4) is 17.7 Å². The molecule has 1 heterocycles. The number of nitriles is 1. The van der Waals surface area contributed by atoms with Crippen LogP contribution in [0.4, 0.5) is 0 Å². The van der Waals surface area contributed by atoms with Crippen LogP contribution in [-0.4, -0.2) is 4.98 Å². The Balaban J connectivity index is 2.24. The summed E-state index contributed by atoms with van der Waals surface area (Å²) in [7, 11) is 0. The Morgan fingerprint density at radius 3 is 2.75 bits per heavy atom. The highest BCUT2D eigenvalue weighted by molar-refractivity contribution is 6.31. The molecule has 0 N–H and O–H groups in total. The summed E-state index contributed by atoms with van der Waals surface area (Å²) in [6.07, 6.45) is 1.64. The fourth-order valence-electron chi connectivity index (χ4n) is 1.18. The van der Waals surface area contributed by atoms with Crippen molar-refractivity contribution in [2.75, 3.05) is 0 Å². The van der Waals surface area contributed by atoms with Crippen LogP contribution in [0.1, 0.15) is 5.56 Å². The number of halogens is 1. The van der Waals surface area contributed by atoms with Gasteiger partial charge in [0.25, 0.3) is 0 Å². The van der Waals surface area contributed by atoms with Crippen LogP contribution in [0.15, 0.2) is 42.6 Å². The van der Waals surface area contributed by atoms with E-state index >= 15 is 0 Å². The van der Waals surface area contributed by atoms with Gasteiger partial charge in [-0.3, -0.25) is 0 Å². The summed E-state index contributed by atoms with van der Waals surface area (Å²) in [5.74, 6) is 1.05. The fourth-order valence-corrected chi connectivity index (χ4v) is 1.39. The molecule has 0 spiro atoms. The summed E-state index contributed by atoms with van der Waals surface area (Å²) in [5.41, 5.74) is 0.426. The predicted molar refractivity (Wildman–Crippen MR) is 60.5 cm³/mol. The van der Waals surface area contributed by atoms with Crippen LogP contribution in [-0.2, 0) is 0 Å². The number of rotatable bonds is 2. The quantitative estimate of drug-likeness (QED) is 0.794. The lowest BCUT2D eigenvalue weighted by molar-refractivity contribution is 0.463. The van der Waals surface area contributed by atoms with Gasteiger partial charge in [-0.2, -0.15) is 5.26 Å². The minimum Gasteiger partial charge on any atom is -0.439 e. The van der Waals surface area contributed by atoms with E-state index in [1.54, 1.807) is 36.5 Å². The van der Waals surface area contributed by atoms with Gasteiger partial charge >= 0.3 is 0 Å². The Hall–Kier alpha value is -2.05. The summed E-state index contributed by atoms with van der Waals surface area (Å²) < 4.78 is 5.45. The molecule has 0 amide bonds. The molecule has 4 heteroatoms. The molecular weight excluding hydrogens is 224 g/mol. The van der Waals surface area contributed by atoms with Crippen LogP contribution >= 0.6 is 11.6 Å². The average Bonchev–Trinajstić information content (AvgIpc) is 2.31. The molecule has 3 nitrogen and oxygen atoms in total. The largest absolute Gasteiger partial charge is 0.439 e. The zero-order valence-electron chi connectivity index (χ0n) is 8.22. The van der Waals surface area contributed by atoms with Crippen molar-refractivity contribution in [1.82, 2.24) is 4.98 Å². The molecule has 1 aromatic heterocycles. The average molecular weight is 231 g/mol. The first-order chi connectivity index (χ1) is 7.79. The number of nitrogens with zero attached hydrogens (tertiary/aromatic N) is 2. The second-order valence-electron chi connectivity index (χ2n) is 3.02. The van der Waals surface area contributed by atoms with Crippen molar-refractivity contribution in [1.29, 1.82) is 5.26 Å². The maximum atomic E-state index is 8.71. The van der Waals surface area contributed by atoms with Gasteiger partial charge in [0.05, 0.1) is 10.6 Å². The maximum absolute atomic E-state index is 8.71. The molecule has 1 aromatic carbocycles. The molecule has 0 aliphatic heterocycles. The van der Waals surface area contributed by atoms with E-state index in [4.69, 9.17) is 21.6 Å². The summed E-state index contributed by atoms with van der Waals surface area (Å²) in [5, 5.41) is 9.08. The number of benzene rings is 1. The van der Waals surface area contributed by atoms with Crippen molar-refractivity contribution in [2.45, 2.75) is 0 Å². The summed E-state index contributed by atoms with van der Waals surface area (Å²) in [4.78, 5) is 4.02. The zero-order valence-corrected chi connectivity index (χ0v) is 8.98. The lowest BCUT2D eigenvalue weighted by Gasteiger charge is -2.04. The molecule has 2 rings (SSSR count). The molecule has 0 atom stereocenters. The minimum absolute atomic E-state index is 0.371. The van der Waals surface area contributed by atoms with Gasteiger partial charge in [-0.25, -0.2) is 4.98 Å². The van der Waals surface area contributed by atoms with Gasteiger partial charge < -0.3 is 4.74 Å². The normalized spacial score (nSPS) is 9.50. The van der Waals surface area contributed by atoms with Gasteiger partial charge in [-0.05, 0) is 18.2 Å². The Bertz CT molecular complexity index is 534. The monoisotopic (exact) mass is 230 g/mol. The number of ether oxygens (including phenoxy) is 1. The van der Waals surface area contributed by atoms with Gasteiger partial charge in [0.15, 0.2) is 0 Å². The van der Waals surface area contributed by atoms with Crippen LogP contribution in [0.25, 0.3) is 0 Å². The van der Waals surface area contributed by atoms with E-state index in [1.165, 1.54) is 0 Å². The second kappa shape index (κ2) is 4.65. The Morgan fingerprint density at radius 1 is 1.25 bits per heavy atom. The molecule has 0 fully saturated rings. The highest BCUT2D eigenvalue weighted by Gasteiger charge is 2.02. The standard InChI is InChI=1S/C12H7ClN2O/c13-11-7-10(5-4-9(11)8-14)16-12-3-1-2-6-15-12/h1-7H. The van der Waals surface area contributed by atoms with Crippen molar-refractivity contribution < 1.29 is 4.74 Å². The molecule has 0 saturated heterocycles. The first kappa shape index (κ1) is 10.5. The van der Waals surface area contributed by atoms with Crippen LogP contribution in [0, 0.1) is 11.3 Å². The number of pyridine rings is 1. The maximum Gasteiger partial charge on any atom is 0.219 e. The smallest absolute Gasteiger partial charge is 0.219 e. The van der Waals surface area contributed by atoms with Gasteiger partial charge in [0.2, 0.25) is 5.88 Å². The Morgan fingerprint density at radius 2 is 2.12 bits per heavy atom. The van der Waals surface area contributed by atoms with Gasteiger partial charge in [-0.15, -0.1) is 0 Å². The Kier molecular flexibility index (Phi) is 3.04. The number of hydrogen-bond donors (Lipinski definition) is 0. The van der Waals surface area contributed by atoms with E-state index < -0.39 is 0 Å². The summed E-state index contributed by atoms with van der Waals surface area (Å²) in [6.45, 7) is 0. The molecule has 0 radical (unpaired) electrons. The molecule has 16 heavy (non-hydrogen) atoms. The lowest BCUT2D eigenvalue weighted by Crippen LogP contribution is -1.87. The van der Waals surface area contributed by atoms with E-state index in [9.17, 15) is 0 Å².